The molecule has 0 saturated heterocycles. The van der Waals surface area contributed by atoms with Crippen LogP contribution in [-0.4, -0.2) is 16.9 Å². The first-order chi connectivity index (χ1) is 10.9. The third kappa shape index (κ3) is 4.40. The van der Waals surface area contributed by atoms with E-state index in [2.05, 4.69) is 5.32 Å². The third-order valence-corrected chi connectivity index (χ3v) is 3.19. The summed E-state index contributed by atoms with van der Waals surface area (Å²) in [6.45, 7) is 1.48. The molecule has 0 fully saturated rings. The molecule has 1 N–H and O–H groups in total. The van der Waals surface area contributed by atoms with Crippen molar-refractivity contribution in [2.45, 2.75) is 13.0 Å². The minimum atomic E-state index is -0.933. The van der Waals surface area contributed by atoms with Crippen molar-refractivity contribution in [1.82, 2.24) is 0 Å². The number of anilines is 1. The summed E-state index contributed by atoms with van der Waals surface area (Å²) in [6, 6.07) is 9.06. The monoisotopic (exact) mass is 338 g/mol. The Hall–Kier alpha value is -2.67. The summed E-state index contributed by atoms with van der Waals surface area (Å²) in [4.78, 5) is 22.2. The number of rotatable bonds is 5. The number of nitrogens with zero attached hydrogens (tertiary/aromatic N) is 1. The quantitative estimate of drug-likeness (QED) is 0.664. The molecule has 0 aromatic heterocycles. The van der Waals surface area contributed by atoms with Crippen LogP contribution in [0.5, 0.6) is 5.75 Å². The van der Waals surface area contributed by atoms with Gasteiger partial charge in [-0.25, -0.2) is 4.39 Å². The first-order valence-corrected chi connectivity index (χ1v) is 6.91. The molecule has 0 aliphatic rings. The molecule has 0 bridgehead atoms. The number of carbonyl (C=O) groups is 1. The molecular formula is C15H12ClFN2O4. The number of ether oxygens (including phenoxy) is 1. The molecule has 8 heteroatoms. The molecule has 0 spiro atoms. The van der Waals surface area contributed by atoms with Crippen LogP contribution in [0.3, 0.4) is 0 Å². The van der Waals surface area contributed by atoms with Crippen molar-refractivity contribution >= 4 is 28.9 Å². The molecule has 0 radical (unpaired) electrons. The summed E-state index contributed by atoms with van der Waals surface area (Å²) >= 11 is 5.82. The van der Waals surface area contributed by atoms with Crippen LogP contribution in [0, 0.1) is 15.9 Å². The van der Waals surface area contributed by atoms with Crippen molar-refractivity contribution in [2.75, 3.05) is 5.32 Å². The zero-order chi connectivity index (χ0) is 17.0. The number of amides is 1. The predicted octanol–water partition coefficient (Wildman–Crippen LogP) is 3.79. The molecule has 1 amide bonds. The molecule has 1 atom stereocenters. The van der Waals surface area contributed by atoms with Crippen molar-refractivity contribution < 1.29 is 18.8 Å². The molecule has 2 aromatic rings. The van der Waals surface area contributed by atoms with Gasteiger partial charge >= 0.3 is 0 Å². The Kier molecular flexibility index (Phi) is 5.13. The highest BCUT2D eigenvalue weighted by Gasteiger charge is 2.17. The number of non-ortho nitro benzene ring substituents is 1. The van der Waals surface area contributed by atoms with Crippen LogP contribution in [0.25, 0.3) is 0 Å². The summed E-state index contributed by atoms with van der Waals surface area (Å²) in [5.41, 5.74) is 0.128. The average Bonchev–Trinajstić information content (AvgIpc) is 2.50. The fourth-order valence-electron chi connectivity index (χ4n) is 1.76. The average molecular weight is 339 g/mol. The van der Waals surface area contributed by atoms with E-state index in [0.29, 0.717) is 0 Å². The van der Waals surface area contributed by atoms with Crippen LogP contribution in [0.4, 0.5) is 15.8 Å². The van der Waals surface area contributed by atoms with Gasteiger partial charge in [-0.2, -0.15) is 0 Å². The Balaban J connectivity index is 2.05. The van der Waals surface area contributed by atoms with Gasteiger partial charge in [-0.3, -0.25) is 14.9 Å². The number of nitro groups is 1. The number of hydrogen-bond donors (Lipinski definition) is 1. The van der Waals surface area contributed by atoms with Gasteiger partial charge in [0.15, 0.2) is 6.10 Å². The van der Waals surface area contributed by atoms with Crippen LogP contribution in [-0.2, 0) is 4.79 Å². The largest absolute Gasteiger partial charge is 0.479 e. The van der Waals surface area contributed by atoms with E-state index in [4.69, 9.17) is 16.3 Å². The maximum absolute atomic E-state index is 13.0. The van der Waals surface area contributed by atoms with Gasteiger partial charge in [0.1, 0.15) is 11.6 Å². The Labute approximate surface area is 136 Å². The van der Waals surface area contributed by atoms with Crippen LogP contribution in [0.15, 0.2) is 42.5 Å². The van der Waals surface area contributed by atoms with Gasteiger partial charge in [-0.15, -0.1) is 0 Å². The first kappa shape index (κ1) is 16.7. The van der Waals surface area contributed by atoms with E-state index >= 15 is 0 Å². The number of halogens is 2. The van der Waals surface area contributed by atoms with Crippen molar-refractivity contribution in [3.05, 3.63) is 63.4 Å². The zero-order valence-electron chi connectivity index (χ0n) is 12.0. The van der Waals surface area contributed by atoms with Gasteiger partial charge in [0.2, 0.25) is 0 Å². The van der Waals surface area contributed by atoms with Crippen molar-refractivity contribution in [3.8, 4) is 5.75 Å². The number of nitrogens with one attached hydrogen (secondary N) is 1. The standard InChI is InChI=1S/C15H12ClFN2O4/c1-9(23-14-6-5-10(17)7-13(14)16)15(20)18-11-3-2-4-12(8-11)19(21)22/h2-9H,1H3,(H,18,20). The molecule has 120 valence electrons. The van der Waals surface area contributed by atoms with Crippen LogP contribution in [0.2, 0.25) is 5.02 Å². The van der Waals surface area contributed by atoms with E-state index < -0.39 is 22.8 Å². The maximum atomic E-state index is 13.0. The van der Waals surface area contributed by atoms with E-state index in [1.165, 1.54) is 37.3 Å². The smallest absolute Gasteiger partial charge is 0.271 e. The van der Waals surface area contributed by atoms with Crippen LogP contribution < -0.4 is 10.1 Å². The van der Waals surface area contributed by atoms with Crippen molar-refractivity contribution in [2.24, 2.45) is 0 Å². The molecule has 0 saturated carbocycles. The van der Waals surface area contributed by atoms with E-state index in [1.807, 2.05) is 0 Å². The molecular weight excluding hydrogens is 327 g/mol. The van der Waals surface area contributed by atoms with Gasteiger partial charge < -0.3 is 10.1 Å². The minimum absolute atomic E-state index is 0.0417. The van der Waals surface area contributed by atoms with Gasteiger partial charge in [0.05, 0.1) is 9.95 Å². The molecule has 0 aliphatic heterocycles. The molecule has 23 heavy (non-hydrogen) atoms. The fourth-order valence-corrected chi connectivity index (χ4v) is 1.97. The number of nitro benzene ring substituents is 1. The molecule has 0 aliphatic carbocycles. The van der Waals surface area contributed by atoms with E-state index in [0.717, 1.165) is 12.1 Å². The zero-order valence-corrected chi connectivity index (χ0v) is 12.7. The lowest BCUT2D eigenvalue weighted by Crippen LogP contribution is -2.30. The molecule has 0 heterocycles. The Morgan fingerprint density at radius 2 is 2.09 bits per heavy atom. The Bertz CT molecular complexity index is 754. The highest BCUT2D eigenvalue weighted by Crippen LogP contribution is 2.26. The van der Waals surface area contributed by atoms with Gasteiger partial charge in [-0.05, 0) is 31.2 Å². The predicted molar refractivity (Wildman–Crippen MR) is 83.2 cm³/mol. The summed E-state index contributed by atoms with van der Waals surface area (Å²) in [5.74, 6) is -0.878. The Morgan fingerprint density at radius 1 is 1.35 bits per heavy atom. The lowest BCUT2D eigenvalue weighted by Gasteiger charge is -2.15. The summed E-state index contributed by atoms with van der Waals surface area (Å²) < 4.78 is 18.3. The number of hydrogen-bond acceptors (Lipinski definition) is 4. The van der Waals surface area contributed by atoms with Gasteiger partial charge in [0.25, 0.3) is 11.6 Å². The van der Waals surface area contributed by atoms with Gasteiger partial charge in [-0.1, -0.05) is 17.7 Å². The topological polar surface area (TPSA) is 81.5 Å². The number of carbonyl (C=O) groups excluding carboxylic acids is 1. The molecule has 2 rings (SSSR count). The molecule has 2 aromatic carbocycles. The summed E-state index contributed by atoms with van der Waals surface area (Å²) in [5, 5.41) is 13.2. The fraction of sp³-hybridized carbons (Fsp3) is 0.133. The lowest BCUT2D eigenvalue weighted by molar-refractivity contribution is -0.384. The maximum Gasteiger partial charge on any atom is 0.271 e. The van der Waals surface area contributed by atoms with E-state index in [9.17, 15) is 19.3 Å². The summed E-state index contributed by atoms with van der Waals surface area (Å²) in [7, 11) is 0. The Morgan fingerprint density at radius 3 is 2.74 bits per heavy atom. The number of benzene rings is 2. The highest BCUT2D eigenvalue weighted by molar-refractivity contribution is 6.32. The van der Waals surface area contributed by atoms with E-state index in [1.54, 1.807) is 0 Å². The third-order valence-electron chi connectivity index (χ3n) is 2.89. The van der Waals surface area contributed by atoms with Crippen molar-refractivity contribution in [3.63, 3.8) is 0 Å². The normalized spacial score (nSPS) is 11.6. The second kappa shape index (κ2) is 7.06. The van der Waals surface area contributed by atoms with Crippen molar-refractivity contribution in [1.29, 1.82) is 0 Å². The second-order valence-corrected chi connectivity index (χ2v) is 5.04. The highest BCUT2D eigenvalue weighted by atomic mass is 35.5. The van der Waals surface area contributed by atoms with Gasteiger partial charge in [0, 0.05) is 17.8 Å². The molecule has 1 unspecified atom stereocenters. The first-order valence-electron chi connectivity index (χ1n) is 6.54. The van der Waals surface area contributed by atoms with Crippen LogP contribution in [0.1, 0.15) is 6.92 Å². The second-order valence-electron chi connectivity index (χ2n) is 4.63. The lowest BCUT2D eigenvalue weighted by atomic mass is 10.2. The SMILES string of the molecule is CC(Oc1ccc(F)cc1Cl)C(=O)Nc1cccc([N+](=O)[O-])c1. The molecule has 6 nitrogen and oxygen atoms in total. The minimum Gasteiger partial charge on any atom is -0.479 e. The van der Waals surface area contributed by atoms with Crippen LogP contribution >= 0.6 is 11.6 Å². The summed E-state index contributed by atoms with van der Waals surface area (Å²) in [6.07, 6.45) is -0.933. The van der Waals surface area contributed by atoms with E-state index in [-0.39, 0.29) is 22.1 Å².